The van der Waals surface area contributed by atoms with E-state index >= 15 is 0 Å². The average molecular weight is 311 g/mol. The zero-order chi connectivity index (χ0) is 15.0. The maximum Gasteiger partial charge on any atom is 0.244 e. The van der Waals surface area contributed by atoms with E-state index in [1.165, 1.54) is 19.2 Å². The van der Waals surface area contributed by atoms with Gasteiger partial charge < -0.3 is 10.5 Å². The van der Waals surface area contributed by atoms with Crippen LogP contribution in [0.15, 0.2) is 23.1 Å². The first-order valence-corrected chi connectivity index (χ1v) is 8.69. The lowest BCUT2D eigenvalue weighted by Gasteiger charge is -2.21. The van der Waals surface area contributed by atoms with Crippen LogP contribution in [-0.4, -0.2) is 45.6 Å². The molecule has 2 saturated heterocycles. The second-order valence-corrected chi connectivity index (χ2v) is 7.35. The molecule has 1 aromatic rings. The van der Waals surface area contributed by atoms with Crippen molar-refractivity contribution in [1.29, 1.82) is 0 Å². The molecule has 3 N–H and O–H groups in total. The van der Waals surface area contributed by atoms with Crippen molar-refractivity contribution in [2.75, 3.05) is 25.9 Å². The molecule has 2 atom stereocenters. The number of nitrogens with two attached hydrogens (primary N) is 1. The number of hydrogen-bond acceptors (Lipinski definition) is 5. The summed E-state index contributed by atoms with van der Waals surface area (Å²) in [6.07, 6.45) is 3.07. The number of methoxy groups -OCH3 is 1. The highest BCUT2D eigenvalue weighted by atomic mass is 32.2. The summed E-state index contributed by atoms with van der Waals surface area (Å²) < 4.78 is 33.2. The van der Waals surface area contributed by atoms with E-state index in [2.05, 4.69) is 9.62 Å². The fourth-order valence-electron chi connectivity index (χ4n) is 3.39. The summed E-state index contributed by atoms with van der Waals surface area (Å²) in [6.45, 7) is 2.05. The number of nitrogens with zero attached hydrogens (tertiary/aromatic N) is 1. The summed E-state index contributed by atoms with van der Waals surface area (Å²) in [5.74, 6) is 0.281. The molecule has 0 spiro atoms. The van der Waals surface area contributed by atoms with Gasteiger partial charge in [-0.1, -0.05) is 0 Å². The molecule has 6 nitrogen and oxygen atoms in total. The van der Waals surface area contributed by atoms with Crippen LogP contribution in [0.25, 0.3) is 0 Å². The Bertz CT molecular complexity index is 632. The van der Waals surface area contributed by atoms with E-state index in [1.54, 1.807) is 6.07 Å². The largest absolute Gasteiger partial charge is 0.495 e. The first-order valence-electron chi connectivity index (χ1n) is 7.21. The van der Waals surface area contributed by atoms with Crippen molar-refractivity contribution >= 4 is 15.7 Å². The molecular weight excluding hydrogens is 290 g/mol. The molecule has 2 aliphatic heterocycles. The van der Waals surface area contributed by atoms with Crippen molar-refractivity contribution in [3.63, 3.8) is 0 Å². The van der Waals surface area contributed by atoms with Gasteiger partial charge in [0.1, 0.15) is 10.6 Å². The summed E-state index contributed by atoms with van der Waals surface area (Å²) in [6, 6.07) is 4.93. The van der Waals surface area contributed by atoms with Crippen molar-refractivity contribution < 1.29 is 13.2 Å². The highest BCUT2D eigenvalue weighted by molar-refractivity contribution is 7.89. The summed E-state index contributed by atoms with van der Waals surface area (Å²) in [4.78, 5) is 2.52. The first kappa shape index (κ1) is 14.6. The average Bonchev–Trinajstić information content (AvgIpc) is 3.03. The summed E-state index contributed by atoms with van der Waals surface area (Å²) in [7, 11) is -2.15. The van der Waals surface area contributed by atoms with E-state index in [4.69, 9.17) is 10.5 Å². The van der Waals surface area contributed by atoms with Gasteiger partial charge in [0, 0.05) is 30.4 Å². The minimum absolute atomic E-state index is 0.0141. The van der Waals surface area contributed by atoms with Crippen LogP contribution in [0.3, 0.4) is 0 Å². The van der Waals surface area contributed by atoms with Crippen LogP contribution < -0.4 is 15.2 Å². The Morgan fingerprint density at radius 1 is 1.33 bits per heavy atom. The highest BCUT2D eigenvalue weighted by Crippen LogP contribution is 2.31. The van der Waals surface area contributed by atoms with E-state index in [0.29, 0.717) is 11.7 Å². The predicted molar refractivity (Wildman–Crippen MR) is 80.7 cm³/mol. The van der Waals surface area contributed by atoms with Crippen LogP contribution in [0.2, 0.25) is 0 Å². The zero-order valence-corrected chi connectivity index (χ0v) is 12.9. The molecule has 3 rings (SSSR count). The Labute approximate surface area is 125 Å². The van der Waals surface area contributed by atoms with Gasteiger partial charge in [-0.05, 0) is 37.9 Å². The molecule has 0 aliphatic carbocycles. The molecule has 1 aromatic carbocycles. The molecule has 0 bridgehead atoms. The van der Waals surface area contributed by atoms with Gasteiger partial charge in [-0.25, -0.2) is 13.1 Å². The van der Waals surface area contributed by atoms with Gasteiger partial charge in [0.15, 0.2) is 0 Å². The third-order valence-electron chi connectivity index (χ3n) is 4.39. The van der Waals surface area contributed by atoms with Crippen molar-refractivity contribution in [2.24, 2.45) is 0 Å². The first-order chi connectivity index (χ1) is 10.0. The normalized spacial score (nSPS) is 26.0. The van der Waals surface area contributed by atoms with E-state index in [0.717, 1.165) is 32.4 Å². The Morgan fingerprint density at radius 3 is 2.90 bits per heavy atom. The predicted octanol–water partition coefficient (Wildman–Crippen LogP) is 0.792. The molecule has 0 amide bonds. The summed E-state index contributed by atoms with van der Waals surface area (Å²) >= 11 is 0. The molecule has 2 aliphatic rings. The maximum absolute atomic E-state index is 12.6. The molecule has 0 radical (unpaired) electrons. The van der Waals surface area contributed by atoms with E-state index < -0.39 is 10.0 Å². The maximum atomic E-state index is 12.6. The third-order valence-corrected chi connectivity index (χ3v) is 5.92. The quantitative estimate of drug-likeness (QED) is 0.803. The molecule has 2 unspecified atom stereocenters. The molecule has 2 heterocycles. The van der Waals surface area contributed by atoms with E-state index in [9.17, 15) is 8.42 Å². The minimum Gasteiger partial charge on any atom is -0.495 e. The Kier molecular flexibility index (Phi) is 3.81. The molecule has 7 heteroatoms. The van der Waals surface area contributed by atoms with Crippen molar-refractivity contribution in [3.05, 3.63) is 18.2 Å². The van der Waals surface area contributed by atoms with Crippen LogP contribution in [0.1, 0.15) is 19.3 Å². The Balaban J connectivity index is 1.84. The number of rotatable bonds is 4. The molecule has 116 valence electrons. The third kappa shape index (κ3) is 2.73. The molecule has 21 heavy (non-hydrogen) atoms. The number of anilines is 1. The number of nitrogens with one attached hydrogen (secondary N) is 1. The summed E-state index contributed by atoms with van der Waals surface area (Å²) in [5.41, 5.74) is 6.16. The van der Waals surface area contributed by atoms with Crippen molar-refractivity contribution in [1.82, 2.24) is 9.62 Å². The van der Waals surface area contributed by atoms with Gasteiger partial charge in [-0.3, -0.25) is 4.90 Å². The number of ether oxygens (including phenoxy) is 1. The SMILES string of the molecule is COc1cc(N)ccc1S(=O)(=O)NC1CCN2CCCC12. The number of nitrogen functional groups attached to an aromatic ring is 1. The molecular formula is C14H21N3O3S. The van der Waals surface area contributed by atoms with E-state index in [-0.39, 0.29) is 16.7 Å². The van der Waals surface area contributed by atoms with Gasteiger partial charge in [-0.15, -0.1) is 0 Å². The van der Waals surface area contributed by atoms with Gasteiger partial charge in [0.05, 0.1) is 7.11 Å². The van der Waals surface area contributed by atoms with Crippen LogP contribution in [0.5, 0.6) is 5.75 Å². The lowest BCUT2D eigenvalue weighted by molar-refractivity contribution is 0.308. The molecule has 2 fully saturated rings. The second-order valence-electron chi connectivity index (χ2n) is 5.67. The van der Waals surface area contributed by atoms with Gasteiger partial charge >= 0.3 is 0 Å². The number of benzene rings is 1. The zero-order valence-electron chi connectivity index (χ0n) is 12.1. The minimum atomic E-state index is -3.60. The summed E-state index contributed by atoms with van der Waals surface area (Å²) in [5, 5.41) is 0. The van der Waals surface area contributed by atoms with Crippen molar-refractivity contribution in [2.45, 2.75) is 36.2 Å². The van der Waals surface area contributed by atoms with Crippen LogP contribution >= 0.6 is 0 Å². The van der Waals surface area contributed by atoms with E-state index in [1.807, 2.05) is 0 Å². The smallest absolute Gasteiger partial charge is 0.244 e. The number of sulfonamides is 1. The topological polar surface area (TPSA) is 84.7 Å². The lowest BCUT2D eigenvalue weighted by atomic mass is 10.1. The Morgan fingerprint density at radius 2 is 2.14 bits per heavy atom. The van der Waals surface area contributed by atoms with Crippen molar-refractivity contribution in [3.8, 4) is 5.75 Å². The fraction of sp³-hybridized carbons (Fsp3) is 0.571. The standard InChI is InChI=1S/C14H21N3O3S/c1-20-13-9-10(15)4-5-14(13)21(18,19)16-11-6-8-17-7-2-3-12(11)17/h4-5,9,11-12,16H,2-3,6-8,15H2,1H3. The molecule has 0 aromatic heterocycles. The second kappa shape index (κ2) is 5.47. The molecule has 0 saturated carbocycles. The van der Waals surface area contributed by atoms with Gasteiger partial charge in [0.25, 0.3) is 0 Å². The van der Waals surface area contributed by atoms with Crippen LogP contribution in [0.4, 0.5) is 5.69 Å². The Hall–Kier alpha value is -1.31. The monoisotopic (exact) mass is 311 g/mol. The van der Waals surface area contributed by atoms with Gasteiger partial charge in [-0.2, -0.15) is 0 Å². The van der Waals surface area contributed by atoms with Gasteiger partial charge in [0.2, 0.25) is 10.0 Å². The highest BCUT2D eigenvalue weighted by Gasteiger charge is 2.39. The lowest BCUT2D eigenvalue weighted by Crippen LogP contribution is -2.42. The fourth-order valence-corrected chi connectivity index (χ4v) is 4.84. The van der Waals surface area contributed by atoms with Crippen LogP contribution in [-0.2, 0) is 10.0 Å². The number of fused-ring (bicyclic) bond motifs is 1. The van der Waals surface area contributed by atoms with Crippen LogP contribution in [0, 0.1) is 0 Å². The number of hydrogen-bond donors (Lipinski definition) is 2.